The van der Waals surface area contributed by atoms with Crippen LogP contribution in [-0.2, 0) is 36.3 Å². The lowest BCUT2D eigenvalue weighted by Crippen LogP contribution is -2.34. The zero-order chi connectivity index (χ0) is 23.8. The molecule has 0 spiro atoms. The number of aryl methyl sites for hydroxylation is 2. The maximum atomic E-state index is 11.8. The van der Waals surface area contributed by atoms with Crippen LogP contribution in [0.25, 0.3) is 0 Å². The van der Waals surface area contributed by atoms with Crippen LogP contribution in [0.3, 0.4) is 0 Å². The molecule has 0 aromatic carbocycles. The smallest absolute Gasteiger partial charge is 0.387 e. The van der Waals surface area contributed by atoms with Crippen molar-refractivity contribution in [1.29, 1.82) is 0 Å². The Morgan fingerprint density at radius 1 is 1.10 bits per heavy atom. The van der Waals surface area contributed by atoms with Crippen LogP contribution < -0.4 is 5.56 Å². The fourth-order valence-corrected chi connectivity index (χ4v) is 5.78. The van der Waals surface area contributed by atoms with Crippen molar-refractivity contribution in [3.63, 3.8) is 0 Å². The van der Waals surface area contributed by atoms with Gasteiger partial charge in [0.25, 0.3) is 5.56 Å². The lowest BCUT2D eigenvalue weighted by Gasteiger charge is -2.19. The van der Waals surface area contributed by atoms with Gasteiger partial charge in [-0.25, -0.2) is 18.7 Å². The number of aromatic amines is 1. The van der Waals surface area contributed by atoms with Crippen molar-refractivity contribution in [2.45, 2.75) is 38.3 Å². The molecule has 6 atom stereocenters. The van der Waals surface area contributed by atoms with Crippen molar-refractivity contribution in [3.8, 4) is 0 Å². The summed E-state index contributed by atoms with van der Waals surface area (Å²) in [7, 11) is -15.4. The van der Waals surface area contributed by atoms with Gasteiger partial charge in [0, 0.05) is 12.8 Å². The number of hydrogen-bond acceptors (Lipinski definition) is 11. The summed E-state index contributed by atoms with van der Waals surface area (Å²) in [6.45, 7) is 2.11. The molecule has 178 valence electrons. The molecule has 0 amide bonds. The topological polar surface area (TPSA) is 244 Å². The predicted octanol–water partition coefficient (Wildman–Crippen LogP) is -0.454. The minimum absolute atomic E-state index is 0.116. The number of phosphoric ester groups is 1. The Bertz CT molecular complexity index is 1010. The normalized spacial score (nSPS) is 28.3. The number of rotatable bonds is 9. The Labute approximate surface area is 174 Å². The van der Waals surface area contributed by atoms with E-state index in [1.54, 1.807) is 0 Å². The van der Waals surface area contributed by atoms with E-state index in [0.29, 0.717) is 5.69 Å². The van der Waals surface area contributed by atoms with Gasteiger partial charge in [-0.2, -0.15) is 8.62 Å². The van der Waals surface area contributed by atoms with E-state index >= 15 is 0 Å². The van der Waals surface area contributed by atoms with Gasteiger partial charge in [0.15, 0.2) is 0 Å². The lowest BCUT2D eigenvalue weighted by molar-refractivity contribution is -0.0249. The largest absolute Gasteiger partial charge is 0.490 e. The molecule has 31 heavy (non-hydrogen) atoms. The molecule has 0 aliphatic carbocycles. The number of aliphatic hydroxyl groups excluding tert-OH is 1. The number of nitrogens with one attached hydrogen (secondary N) is 1. The number of methoxy groups -OCH3 is 1. The number of H-pyrrole nitrogens is 1. The number of ether oxygens (including phenoxy) is 2. The van der Waals surface area contributed by atoms with E-state index in [2.05, 4.69) is 23.1 Å². The Hall–Kier alpha value is -0.830. The molecule has 0 bridgehead atoms. The molecule has 1 aromatic heterocycles. The van der Waals surface area contributed by atoms with Gasteiger partial charge in [-0.3, -0.25) is 9.32 Å². The molecule has 1 fully saturated rings. The molecule has 1 aliphatic heterocycles. The van der Waals surface area contributed by atoms with Gasteiger partial charge in [-0.1, -0.05) is 0 Å². The van der Waals surface area contributed by atoms with E-state index in [0.717, 1.165) is 0 Å². The van der Waals surface area contributed by atoms with E-state index in [-0.39, 0.29) is 11.4 Å². The average molecular weight is 510 g/mol. The van der Waals surface area contributed by atoms with Crippen LogP contribution in [-0.4, -0.2) is 66.7 Å². The van der Waals surface area contributed by atoms with Crippen molar-refractivity contribution in [3.05, 3.63) is 27.4 Å². The van der Waals surface area contributed by atoms with Gasteiger partial charge in [0.05, 0.1) is 12.3 Å². The van der Waals surface area contributed by atoms with Crippen LogP contribution in [0.5, 0.6) is 0 Å². The second-order valence-corrected chi connectivity index (χ2v) is 10.8. The summed E-state index contributed by atoms with van der Waals surface area (Å²) in [5, 5.41) is 10.4. The van der Waals surface area contributed by atoms with Gasteiger partial charge in [0.2, 0.25) is 0 Å². The minimum atomic E-state index is -5.68. The van der Waals surface area contributed by atoms with E-state index in [4.69, 9.17) is 24.2 Å². The van der Waals surface area contributed by atoms with Crippen LogP contribution in [0.15, 0.2) is 4.79 Å². The standard InChI is InChI=1S/C12H21N2O14P3/c1-5-8(13-6(2)12(16)14-5)10-11(24-3)9(15)7(26-10)4-25-30(20,21)28-31(22,23)27-29(17,18)19/h7,9-11,15H,4H2,1-3H3,(H,14,16)(H,20,21)(H,22,23)(H2,17,18,19)/t7-,9?,10+,11+/m1/s1. The summed E-state index contributed by atoms with van der Waals surface area (Å²) < 4.78 is 56.3. The van der Waals surface area contributed by atoms with Crippen LogP contribution >= 0.6 is 23.5 Å². The molecule has 6 N–H and O–H groups in total. The first-order valence-corrected chi connectivity index (χ1v) is 12.8. The van der Waals surface area contributed by atoms with Crippen LogP contribution in [0.2, 0.25) is 0 Å². The Morgan fingerprint density at radius 2 is 1.71 bits per heavy atom. The van der Waals surface area contributed by atoms with Crippen molar-refractivity contribution in [2.24, 2.45) is 0 Å². The van der Waals surface area contributed by atoms with E-state index in [1.807, 2.05) is 0 Å². The zero-order valence-electron chi connectivity index (χ0n) is 16.2. The third-order valence-corrected chi connectivity index (χ3v) is 7.80. The highest BCUT2D eigenvalue weighted by Crippen LogP contribution is 2.66. The number of nitrogens with zero attached hydrogens (tertiary/aromatic N) is 1. The van der Waals surface area contributed by atoms with Crippen molar-refractivity contribution in [2.75, 3.05) is 13.7 Å². The quantitative estimate of drug-likeness (QED) is 0.230. The number of aromatic nitrogens is 2. The molecule has 0 radical (unpaired) electrons. The fourth-order valence-electron chi connectivity index (χ4n) is 2.75. The third kappa shape index (κ3) is 7.07. The minimum Gasteiger partial charge on any atom is -0.387 e. The molecule has 2 rings (SSSR count). The molecule has 2 heterocycles. The summed E-state index contributed by atoms with van der Waals surface area (Å²) in [4.78, 5) is 54.0. The Morgan fingerprint density at radius 3 is 2.26 bits per heavy atom. The molecule has 1 aromatic rings. The molecule has 1 aliphatic rings. The van der Waals surface area contributed by atoms with Crippen molar-refractivity contribution >= 4 is 23.5 Å². The molecule has 1 saturated heterocycles. The van der Waals surface area contributed by atoms with Gasteiger partial charge in [-0.15, -0.1) is 0 Å². The summed E-state index contributed by atoms with van der Waals surface area (Å²) in [5.41, 5.74) is 0.232. The molecular weight excluding hydrogens is 489 g/mol. The number of phosphoric acid groups is 3. The predicted molar refractivity (Wildman–Crippen MR) is 98.6 cm³/mol. The van der Waals surface area contributed by atoms with Crippen LogP contribution in [0, 0.1) is 13.8 Å². The second kappa shape index (κ2) is 9.57. The molecule has 16 nitrogen and oxygen atoms in total. The molecular formula is C12H21N2O14P3. The second-order valence-electron chi connectivity index (χ2n) is 6.33. The first-order valence-electron chi connectivity index (χ1n) is 8.27. The SMILES string of the molecule is CO[C@H]1C(O)[C@@H](COP(=O)(O)OP(=O)(O)OP(=O)(O)O)O[C@H]1c1nc(C)c(=O)[nH]c1C. The highest BCUT2D eigenvalue weighted by molar-refractivity contribution is 7.66. The Kier molecular flexibility index (Phi) is 8.16. The zero-order valence-corrected chi connectivity index (χ0v) is 18.9. The average Bonchev–Trinajstić information content (AvgIpc) is 2.88. The number of hydrogen-bond donors (Lipinski definition) is 6. The Balaban J connectivity index is 2.13. The highest BCUT2D eigenvalue weighted by atomic mass is 31.3. The van der Waals surface area contributed by atoms with E-state index in [9.17, 15) is 28.5 Å². The summed E-state index contributed by atoms with van der Waals surface area (Å²) in [6.07, 6.45) is -4.82. The van der Waals surface area contributed by atoms with Gasteiger partial charge >= 0.3 is 23.5 Å². The van der Waals surface area contributed by atoms with Gasteiger partial charge < -0.3 is 39.1 Å². The maximum absolute atomic E-state index is 11.8. The first kappa shape index (κ1) is 26.4. The monoisotopic (exact) mass is 510 g/mol. The van der Waals surface area contributed by atoms with Crippen LogP contribution in [0.4, 0.5) is 0 Å². The van der Waals surface area contributed by atoms with Crippen molar-refractivity contribution < 1.29 is 61.0 Å². The first-order chi connectivity index (χ1) is 14.1. The number of aliphatic hydroxyl groups is 1. The summed E-state index contributed by atoms with van der Waals surface area (Å²) >= 11 is 0. The van der Waals surface area contributed by atoms with E-state index in [1.165, 1.54) is 21.0 Å². The highest BCUT2D eigenvalue weighted by Gasteiger charge is 2.48. The molecule has 19 heteroatoms. The molecule has 3 unspecified atom stereocenters. The third-order valence-electron chi connectivity index (χ3n) is 4.00. The van der Waals surface area contributed by atoms with Crippen LogP contribution in [0.1, 0.15) is 23.2 Å². The summed E-state index contributed by atoms with van der Waals surface area (Å²) in [5.74, 6) is 0. The maximum Gasteiger partial charge on any atom is 0.490 e. The van der Waals surface area contributed by atoms with Crippen molar-refractivity contribution in [1.82, 2.24) is 9.97 Å². The van der Waals surface area contributed by atoms with Gasteiger partial charge in [-0.05, 0) is 13.8 Å². The van der Waals surface area contributed by atoms with E-state index < -0.39 is 60.1 Å². The fraction of sp³-hybridized carbons (Fsp3) is 0.667. The lowest BCUT2D eigenvalue weighted by atomic mass is 10.0. The van der Waals surface area contributed by atoms with Gasteiger partial charge in [0.1, 0.15) is 30.1 Å². The molecule has 0 saturated carbocycles. The summed E-state index contributed by atoms with van der Waals surface area (Å²) in [6, 6.07) is 0.